The minimum absolute atomic E-state index is 0. The second-order valence-electron chi connectivity index (χ2n) is 4.98. The second kappa shape index (κ2) is 7.65. The number of nitrogens with two attached hydrogens (primary N) is 1. The Morgan fingerprint density at radius 3 is 2.64 bits per heavy atom. The molecular formula is C14H18ClN3O4. The third-order valence-corrected chi connectivity index (χ3v) is 3.41. The molecule has 1 atom stereocenters. The summed E-state index contributed by atoms with van der Waals surface area (Å²) in [4.78, 5) is 35.4. The van der Waals surface area contributed by atoms with Crippen LogP contribution in [0.25, 0.3) is 0 Å². The maximum atomic E-state index is 11.8. The van der Waals surface area contributed by atoms with E-state index in [1.165, 1.54) is 0 Å². The molecule has 1 aromatic carbocycles. The van der Waals surface area contributed by atoms with Gasteiger partial charge < -0.3 is 21.1 Å². The molecule has 4 N–H and O–H groups in total. The Morgan fingerprint density at radius 1 is 1.32 bits per heavy atom. The summed E-state index contributed by atoms with van der Waals surface area (Å²) in [6.07, 6.45) is 0.554. The average molecular weight is 328 g/mol. The Balaban J connectivity index is 0.00000242. The number of hydrogen-bond donors (Lipinski definition) is 3. The van der Waals surface area contributed by atoms with Gasteiger partial charge in [0.1, 0.15) is 6.54 Å². The van der Waals surface area contributed by atoms with Gasteiger partial charge in [0.2, 0.25) is 11.8 Å². The minimum atomic E-state index is -1.10. The number of para-hydroxylation sites is 1. The molecule has 120 valence electrons. The van der Waals surface area contributed by atoms with Crippen LogP contribution in [-0.2, 0) is 20.8 Å². The average Bonchev–Trinajstić information content (AvgIpc) is 2.45. The number of nitrogens with one attached hydrogen (secondary N) is 1. The van der Waals surface area contributed by atoms with Gasteiger partial charge in [-0.05, 0) is 18.1 Å². The number of carbonyl (C=O) groups excluding carboxylic acids is 2. The summed E-state index contributed by atoms with van der Waals surface area (Å²) >= 11 is 0. The van der Waals surface area contributed by atoms with Gasteiger partial charge in [-0.3, -0.25) is 14.4 Å². The van der Waals surface area contributed by atoms with Crippen LogP contribution in [0.4, 0.5) is 5.69 Å². The van der Waals surface area contributed by atoms with Crippen LogP contribution in [-0.4, -0.2) is 42.5 Å². The lowest BCUT2D eigenvalue weighted by Gasteiger charge is -2.34. The molecule has 2 rings (SSSR count). The summed E-state index contributed by atoms with van der Waals surface area (Å²) in [5.74, 6) is -2.26. The molecular weight excluding hydrogens is 310 g/mol. The van der Waals surface area contributed by atoms with Crippen LogP contribution in [0.5, 0.6) is 0 Å². The molecule has 0 aromatic heterocycles. The fourth-order valence-corrected chi connectivity index (χ4v) is 2.43. The first-order valence-electron chi connectivity index (χ1n) is 6.58. The van der Waals surface area contributed by atoms with E-state index in [0.717, 1.165) is 11.3 Å². The zero-order valence-corrected chi connectivity index (χ0v) is 12.6. The molecule has 1 heterocycles. The third kappa shape index (κ3) is 4.36. The molecule has 2 amide bonds. The first-order valence-corrected chi connectivity index (χ1v) is 6.58. The smallest absolute Gasteiger partial charge is 0.322 e. The number of carboxylic acid groups (broad SMARTS) is 1. The van der Waals surface area contributed by atoms with Gasteiger partial charge in [-0.1, -0.05) is 18.2 Å². The van der Waals surface area contributed by atoms with Crippen LogP contribution in [0, 0.1) is 5.92 Å². The molecule has 0 aliphatic carbocycles. The highest BCUT2D eigenvalue weighted by Crippen LogP contribution is 2.29. The number of hydrogen-bond acceptors (Lipinski definition) is 4. The van der Waals surface area contributed by atoms with Crippen molar-refractivity contribution in [2.45, 2.75) is 6.42 Å². The van der Waals surface area contributed by atoms with E-state index in [1.807, 2.05) is 24.3 Å². The number of benzene rings is 1. The molecule has 1 aliphatic heterocycles. The summed E-state index contributed by atoms with van der Waals surface area (Å²) in [6.45, 7) is -0.0749. The first-order chi connectivity index (χ1) is 9.97. The Hall–Kier alpha value is -2.28. The number of carboxylic acids is 1. The predicted molar refractivity (Wildman–Crippen MR) is 82.9 cm³/mol. The summed E-state index contributed by atoms with van der Waals surface area (Å²) < 4.78 is 0. The topological polar surface area (TPSA) is 113 Å². The highest BCUT2D eigenvalue weighted by Gasteiger charge is 2.28. The van der Waals surface area contributed by atoms with E-state index in [9.17, 15) is 14.4 Å². The molecule has 7 nitrogen and oxygen atoms in total. The van der Waals surface area contributed by atoms with Crippen LogP contribution in [0.3, 0.4) is 0 Å². The summed E-state index contributed by atoms with van der Waals surface area (Å²) in [5, 5.41) is 10.9. The van der Waals surface area contributed by atoms with E-state index in [-0.39, 0.29) is 24.9 Å². The highest BCUT2D eigenvalue weighted by atomic mass is 35.5. The maximum Gasteiger partial charge on any atom is 0.322 e. The van der Waals surface area contributed by atoms with Crippen molar-refractivity contribution in [3.8, 4) is 0 Å². The second-order valence-corrected chi connectivity index (χ2v) is 4.98. The van der Waals surface area contributed by atoms with Crippen molar-refractivity contribution in [3.05, 3.63) is 29.8 Å². The van der Waals surface area contributed by atoms with Crippen molar-refractivity contribution in [1.82, 2.24) is 5.32 Å². The third-order valence-electron chi connectivity index (χ3n) is 3.41. The molecule has 0 spiro atoms. The quantitative estimate of drug-likeness (QED) is 0.691. The van der Waals surface area contributed by atoms with Crippen molar-refractivity contribution in [2.24, 2.45) is 11.7 Å². The Morgan fingerprint density at radius 2 is 2.00 bits per heavy atom. The number of primary amides is 1. The van der Waals surface area contributed by atoms with Gasteiger partial charge in [-0.15, -0.1) is 12.4 Å². The Bertz CT molecular complexity index is 579. The van der Waals surface area contributed by atoms with Gasteiger partial charge in [0, 0.05) is 12.2 Å². The molecule has 0 radical (unpaired) electrons. The van der Waals surface area contributed by atoms with Crippen molar-refractivity contribution in [2.75, 3.05) is 24.5 Å². The van der Waals surface area contributed by atoms with Gasteiger partial charge in [0.05, 0.1) is 12.5 Å². The van der Waals surface area contributed by atoms with Crippen molar-refractivity contribution < 1.29 is 19.5 Å². The van der Waals surface area contributed by atoms with Gasteiger partial charge in [0.15, 0.2) is 0 Å². The lowest BCUT2D eigenvalue weighted by molar-refractivity contribution is -0.137. The van der Waals surface area contributed by atoms with E-state index >= 15 is 0 Å². The molecule has 0 bridgehead atoms. The van der Waals surface area contributed by atoms with E-state index < -0.39 is 24.3 Å². The molecule has 0 saturated carbocycles. The number of halogens is 1. The SMILES string of the molecule is Cl.NC(=O)C1Cc2ccccc2N(CC(=O)NCC(=O)O)C1. The first kappa shape index (κ1) is 17.8. The number of carbonyl (C=O) groups is 3. The van der Waals surface area contributed by atoms with Crippen LogP contribution < -0.4 is 16.0 Å². The number of rotatable bonds is 5. The maximum absolute atomic E-state index is 11.8. The van der Waals surface area contributed by atoms with Crippen LogP contribution in [0.15, 0.2) is 24.3 Å². The van der Waals surface area contributed by atoms with Crippen molar-refractivity contribution in [3.63, 3.8) is 0 Å². The number of nitrogens with zero attached hydrogens (tertiary/aromatic N) is 1. The highest BCUT2D eigenvalue weighted by molar-refractivity contribution is 5.86. The zero-order chi connectivity index (χ0) is 15.4. The van der Waals surface area contributed by atoms with E-state index in [4.69, 9.17) is 10.8 Å². The Kier molecular flexibility index (Phi) is 6.18. The lowest BCUT2D eigenvalue weighted by Crippen LogP contribution is -2.46. The number of anilines is 1. The van der Waals surface area contributed by atoms with Gasteiger partial charge in [-0.25, -0.2) is 0 Å². The van der Waals surface area contributed by atoms with Gasteiger partial charge in [0.25, 0.3) is 0 Å². The summed E-state index contributed by atoms with van der Waals surface area (Å²) in [5.41, 5.74) is 7.20. The largest absolute Gasteiger partial charge is 0.480 e. The van der Waals surface area contributed by atoms with E-state index in [0.29, 0.717) is 13.0 Å². The van der Waals surface area contributed by atoms with Crippen LogP contribution in [0.2, 0.25) is 0 Å². The number of amides is 2. The number of aliphatic carboxylic acids is 1. The van der Waals surface area contributed by atoms with Gasteiger partial charge in [-0.2, -0.15) is 0 Å². The van der Waals surface area contributed by atoms with E-state index in [2.05, 4.69) is 5.32 Å². The minimum Gasteiger partial charge on any atom is -0.480 e. The van der Waals surface area contributed by atoms with E-state index in [1.54, 1.807) is 4.90 Å². The summed E-state index contributed by atoms with van der Waals surface area (Å²) in [6, 6.07) is 7.49. The Labute approximate surface area is 133 Å². The van der Waals surface area contributed by atoms with Crippen molar-refractivity contribution >= 4 is 35.9 Å². The predicted octanol–water partition coefficient (Wildman–Crippen LogP) is -0.227. The zero-order valence-electron chi connectivity index (χ0n) is 11.8. The molecule has 1 aromatic rings. The fraction of sp³-hybridized carbons (Fsp3) is 0.357. The summed E-state index contributed by atoms with van der Waals surface area (Å²) in [7, 11) is 0. The van der Waals surface area contributed by atoms with Gasteiger partial charge >= 0.3 is 5.97 Å². The molecule has 1 unspecified atom stereocenters. The van der Waals surface area contributed by atoms with Crippen molar-refractivity contribution in [1.29, 1.82) is 0 Å². The van der Waals surface area contributed by atoms with Crippen LogP contribution >= 0.6 is 12.4 Å². The molecule has 0 saturated heterocycles. The lowest BCUT2D eigenvalue weighted by atomic mass is 9.92. The normalized spacial score (nSPS) is 16.2. The fourth-order valence-electron chi connectivity index (χ4n) is 2.43. The monoisotopic (exact) mass is 327 g/mol. The van der Waals surface area contributed by atoms with Crippen LogP contribution in [0.1, 0.15) is 5.56 Å². The molecule has 22 heavy (non-hydrogen) atoms. The molecule has 8 heteroatoms. The molecule has 0 fully saturated rings. The standard InChI is InChI=1S/C14H17N3O4.ClH/c15-14(21)10-5-9-3-1-2-4-11(9)17(7-10)8-12(18)16-6-13(19)20;/h1-4,10H,5-8H2,(H2,15,21)(H,16,18)(H,19,20);1H. The molecule has 1 aliphatic rings. The number of fused-ring (bicyclic) bond motifs is 1.